The fourth-order valence-corrected chi connectivity index (χ4v) is 4.37. The molecule has 160 valence electrons. The predicted octanol–water partition coefficient (Wildman–Crippen LogP) is 6.18. The Morgan fingerprint density at radius 3 is 2.47 bits per heavy atom. The van der Waals surface area contributed by atoms with Crippen molar-refractivity contribution in [2.45, 2.75) is 6.92 Å². The maximum Gasteiger partial charge on any atom is 0.328 e. The van der Waals surface area contributed by atoms with E-state index in [9.17, 15) is 19.1 Å². The Kier molecular flexibility index (Phi) is 5.75. The van der Waals surface area contributed by atoms with Gasteiger partial charge in [0.2, 0.25) is 5.78 Å². The lowest BCUT2D eigenvalue weighted by Crippen LogP contribution is -2.03. The van der Waals surface area contributed by atoms with Crippen molar-refractivity contribution < 1.29 is 28.9 Å². The number of aromatic hydroxyl groups is 1. The zero-order valence-corrected chi connectivity index (χ0v) is 17.7. The lowest BCUT2D eigenvalue weighted by Gasteiger charge is -2.09. The zero-order chi connectivity index (χ0) is 22.8. The molecule has 0 saturated carbocycles. The van der Waals surface area contributed by atoms with Gasteiger partial charge in [-0.2, -0.15) is 0 Å². The molecule has 1 aromatic heterocycles. The Labute approximate surface area is 186 Å². The van der Waals surface area contributed by atoms with Crippen molar-refractivity contribution in [2.75, 3.05) is 0 Å². The van der Waals surface area contributed by atoms with E-state index in [0.29, 0.717) is 43.2 Å². The third-order valence-electron chi connectivity index (χ3n) is 4.79. The van der Waals surface area contributed by atoms with E-state index in [2.05, 4.69) is 0 Å². The Morgan fingerprint density at radius 2 is 1.78 bits per heavy atom. The highest BCUT2D eigenvalue weighted by Gasteiger charge is 2.23. The topological polar surface area (TPSA) is 83.8 Å². The number of ketones is 1. The quantitative estimate of drug-likeness (QED) is 0.272. The number of hydrogen-bond acceptors (Lipinski definition) is 5. The van der Waals surface area contributed by atoms with E-state index >= 15 is 0 Å². The standard InChI is InChI=1S/C25H17FO5S/c1-14-12-16(26)5-9-19(14)23(30)25-24(20-10-6-17(27)13-21(20)32-25)31-18-7-2-15(3-8-18)4-11-22(28)29/h2-13,27H,1H3,(H,28,29). The van der Waals surface area contributed by atoms with Crippen molar-refractivity contribution in [3.8, 4) is 17.2 Å². The molecule has 2 N–H and O–H groups in total. The van der Waals surface area contributed by atoms with Crippen LogP contribution in [-0.4, -0.2) is 22.0 Å². The molecule has 3 aromatic carbocycles. The monoisotopic (exact) mass is 448 g/mol. The second kappa shape index (κ2) is 8.64. The van der Waals surface area contributed by atoms with E-state index in [1.807, 2.05) is 0 Å². The molecule has 1 heterocycles. The highest BCUT2D eigenvalue weighted by Crippen LogP contribution is 2.43. The summed E-state index contributed by atoms with van der Waals surface area (Å²) in [5.41, 5.74) is 1.55. The minimum Gasteiger partial charge on any atom is -0.508 e. The van der Waals surface area contributed by atoms with E-state index < -0.39 is 11.8 Å². The van der Waals surface area contributed by atoms with Crippen LogP contribution in [0.1, 0.15) is 26.4 Å². The number of aryl methyl sites for hydroxylation is 1. The van der Waals surface area contributed by atoms with Gasteiger partial charge in [-0.15, -0.1) is 11.3 Å². The lowest BCUT2D eigenvalue weighted by molar-refractivity contribution is -0.131. The number of carboxylic acid groups (broad SMARTS) is 1. The number of halogens is 1. The minimum atomic E-state index is -1.04. The second-order valence-electron chi connectivity index (χ2n) is 7.07. The summed E-state index contributed by atoms with van der Waals surface area (Å²) < 4.78 is 20.3. The fraction of sp³-hybridized carbons (Fsp3) is 0.0400. The maximum absolute atomic E-state index is 13.5. The average Bonchev–Trinajstić information content (AvgIpc) is 3.10. The first-order valence-corrected chi connectivity index (χ1v) is 10.4. The largest absolute Gasteiger partial charge is 0.508 e. The van der Waals surface area contributed by atoms with Crippen LogP contribution in [0, 0.1) is 12.7 Å². The summed E-state index contributed by atoms with van der Waals surface area (Å²) >= 11 is 1.18. The molecule has 0 radical (unpaired) electrons. The Hall–Kier alpha value is -3.97. The summed E-state index contributed by atoms with van der Waals surface area (Å²) in [4.78, 5) is 24.3. The van der Waals surface area contributed by atoms with Gasteiger partial charge in [-0.1, -0.05) is 12.1 Å². The summed E-state index contributed by atoms with van der Waals surface area (Å²) in [7, 11) is 0. The van der Waals surface area contributed by atoms with Crippen molar-refractivity contribution in [3.63, 3.8) is 0 Å². The van der Waals surface area contributed by atoms with Crippen LogP contribution in [0.2, 0.25) is 0 Å². The molecule has 0 spiro atoms. The number of carbonyl (C=O) groups is 2. The first-order valence-electron chi connectivity index (χ1n) is 9.57. The van der Waals surface area contributed by atoms with Crippen LogP contribution >= 0.6 is 11.3 Å². The van der Waals surface area contributed by atoms with Crippen molar-refractivity contribution in [3.05, 3.63) is 94.1 Å². The average molecular weight is 448 g/mol. The summed E-state index contributed by atoms with van der Waals surface area (Å²) in [6.07, 6.45) is 2.50. The first kappa shape index (κ1) is 21.3. The molecule has 0 amide bonds. The van der Waals surface area contributed by atoms with Crippen LogP contribution in [0.15, 0.2) is 66.7 Å². The number of aliphatic carboxylic acids is 1. The van der Waals surface area contributed by atoms with Crippen LogP contribution in [0.4, 0.5) is 4.39 Å². The van der Waals surface area contributed by atoms with Gasteiger partial charge in [0.15, 0.2) is 5.75 Å². The Bertz CT molecular complexity index is 1370. The van der Waals surface area contributed by atoms with Crippen LogP contribution < -0.4 is 4.74 Å². The highest BCUT2D eigenvalue weighted by atomic mass is 32.1. The SMILES string of the molecule is Cc1cc(F)ccc1C(=O)c1sc2cc(O)ccc2c1Oc1ccc(C=CC(=O)O)cc1. The van der Waals surface area contributed by atoms with Gasteiger partial charge < -0.3 is 14.9 Å². The molecule has 4 rings (SSSR count). The Morgan fingerprint density at radius 1 is 1.03 bits per heavy atom. The first-order chi connectivity index (χ1) is 15.3. The molecule has 0 unspecified atom stereocenters. The fourth-order valence-electron chi connectivity index (χ4n) is 3.25. The number of carbonyl (C=O) groups excluding carboxylic acids is 1. The molecule has 5 nitrogen and oxygen atoms in total. The van der Waals surface area contributed by atoms with Crippen LogP contribution in [0.3, 0.4) is 0 Å². The molecular weight excluding hydrogens is 431 g/mol. The molecule has 7 heteroatoms. The molecule has 0 aliphatic heterocycles. The molecule has 0 aliphatic carbocycles. The number of fused-ring (bicyclic) bond motifs is 1. The summed E-state index contributed by atoms with van der Waals surface area (Å²) in [5, 5.41) is 19.3. The number of thiophene rings is 1. The molecule has 0 aliphatic rings. The number of carboxylic acids is 1. The number of benzene rings is 3. The smallest absolute Gasteiger partial charge is 0.328 e. The van der Waals surface area contributed by atoms with Gasteiger partial charge in [0.05, 0.1) is 0 Å². The van der Waals surface area contributed by atoms with Crippen molar-refractivity contribution in [1.29, 1.82) is 0 Å². The highest BCUT2D eigenvalue weighted by molar-refractivity contribution is 7.21. The number of phenols is 1. The number of phenolic OH excluding ortho intramolecular Hbond substituents is 1. The molecule has 0 saturated heterocycles. The van der Waals surface area contributed by atoms with E-state index in [-0.39, 0.29) is 11.5 Å². The number of hydrogen-bond donors (Lipinski definition) is 2. The van der Waals surface area contributed by atoms with Crippen molar-refractivity contribution in [2.24, 2.45) is 0 Å². The van der Waals surface area contributed by atoms with E-state index in [4.69, 9.17) is 9.84 Å². The number of ether oxygens (including phenoxy) is 1. The second-order valence-corrected chi connectivity index (χ2v) is 8.12. The molecule has 0 bridgehead atoms. The third-order valence-corrected chi connectivity index (χ3v) is 5.92. The van der Waals surface area contributed by atoms with Gasteiger partial charge in [-0.25, -0.2) is 9.18 Å². The van der Waals surface area contributed by atoms with Crippen LogP contribution in [-0.2, 0) is 4.79 Å². The van der Waals surface area contributed by atoms with Gasteiger partial charge in [0, 0.05) is 21.7 Å². The van der Waals surface area contributed by atoms with Crippen LogP contribution in [0.5, 0.6) is 17.2 Å². The third kappa shape index (κ3) is 4.38. The van der Waals surface area contributed by atoms with Gasteiger partial charge in [-0.05, 0) is 72.7 Å². The minimum absolute atomic E-state index is 0.0665. The summed E-state index contributed by atoms with van der Waals surface area (Å²) in [6.45, 7) is 1.67. The van der Waals surface area contributed by atoms with Crippen molar-refractivity contribution >= 4 is 39.3 Å². The molecule has 0 fully saturated rings. The summed E-state index contributed by atoms with van der Waals surface area (Å²) in [6, 6.07) is 15.5. The lowest BCUT2D eigenvalue weighted by atomic mass is 10.0. The predicted molar refractivity (Wildman–Crippen MR) is 121 cm³/mol. The molecule has 32 heavy (non-hydrogen) atoms. The maximum atomic E-state index is 13.5. The van der Waals surface area contributed by atoms with Gasteiger partial charge in [0.25, 0.3) is 0 Å². The number of rotatable bonds is 6. The van der Waals surface area contributed by atoms with Gasteiger partial charge in [0.1, 0.15) is 22.2 Å². The molecular formula is C25H17FO5S. The van der Waals surface area contributed by atoms with Crippen molar-refractivity contribution in [1.82, 2.24) is 0 Å². The van der Waals surface area contributed by atoms with Gasteiger partial charge in [-0.3, -0.25) is 4.79 Å². The van der Waals surface area contributed by atoms with E-state index in [1.165, 1.54) is 41.7 Å². The normalized spacial score (nSPS) is 11.2. The molecule has 0 atom stereocenters. The zero-order valence-electron chi connectivity index (χ0n) is 16.8. The van der Waals surface area contributed by atoms with Gasteiger partial charge >= 0.3 is 5.97 Å². The molecule has 4 aromatic rings. The van der Waals surface area contributed by atoms with Crippen LogP contribution in [0.25, 0.3) is 16.2 Å². The van der Waals surface area contributed by atoms with E-state index in [1.54, 1.807) is 43.3 Å². The van der Waals surface area contributed by atoms with E-state index in [0.717, 1.165) is 6.08 Å². The Balaban J connectivity index is 1.76. The summed E-state index contributed by atoms with van der Waals surface area (Å²) in [5.74, 6) is -0.912.